The molecule has 3 heterocycles. The van der Waals surface area contributed by atoms with Crippen LogP contribution in [-0.4, -0.2) is 40.5 Å². The minimum absolute atomic E-state index is 0.121. The summed E-state index contributed by atoms with van der Waals surface area (Å²) < 4.78 is 44.0. The summed E-state index contributed by atoms with van der Waals surface area (Å²) in [5.74, 6) is 0.769. The second kappa shape index (κ2) is 7.08. The van der Waals surface area contributed by atoms with Crippen LogP contribution in [0.25, 0.3) is 11.3 Å². The summed E-state index contributed by atoms with van der Waals surface area (Å²) >= 11 is 2.76. The first-order chi connectivity index (χ1) is 12.9. The van der Waals surface area contributed by atoms with Gasteiger partial charge in [-0.25, -0.2) is 9.97 Å². The van der Waals surface area contributed by atoms with Crippen LogP contribution in [0.15, 0.2) is 29.6 Å². The third kappa shape index (κ3) is 3.77. The molecular formula is C17H16F3N5S2. The molecule has 27 heavy (non-hydrogen) atoms. The first kappa shape index (κ1) is 18.2. The number of hydrogen-bond donors (Lipinski definition) is 0. The van der Waals surface area contributed by atoms with Gasteiger partial charge in [0.15, 0.2) is 5.13 Å². The van der Waals surface area contributed by atoms with E-state index in [2.05, 4.69) is 24.1 Å². The first-order valence-electron chi connectivity index (χ1n) is 8.34. The highest BCUT2D eigenvalue weighted by molar-refractivity contribution is 7.14. The zero-order valence-electron chi connectivity index (χ0n) is 14.4. The van der Waals surface area contributed by atoms with Gasteiger partial charge in [0.25, 0.3) is 0 Å². The summed E-state index contributed by atoms with van der Waals surface area (Å²) in [6.07, 6.45) is -4.40. The molecule has 3 aromatic rings. The van der Waals surface area contributed by atoms with Gasteiger partial charge in [0.05, 0.1) is 11.3 Å². The largest absolute Gasteiger partial charge is 0.417 e. The fourth-order valence-corrected chi connectivity index (χ4v) is 4.60. The third-order valence-electron chi connectivity index (χ3n) is 4.34. The Balaban J connectivity index is 1.50. The van der Waals surface area contributed by atoms with Crippen molar-refractivity contribution in [3.05, 3.63) is 41.0 Å². The van der Waals surface area contributed by atoms with E-state index >= 15 is 0 Å². The highest BCUT2D eigenvalue weighted by atomic mass is 32.1. The normalized spacial score (nSPS) is 15.4. The molecule has 0 spiro atoms. The SMILES string of the molecule is Cc1nsc(N2CCN(c3nc(-c4ccccc4C(F)(F)F)cs3)CC2)n1. The fourth-order valence-electron chi connectivity index (χ4n) is 2.99. The Kier molecular flexibility index (Phi) is 4.77. The molecule has 0 bridgehead atoms. The molecule has 1 aliphatic rings. The molecule has 0 radical (unpaired) electrons. The van der Waals surface area contributed by atoms with Crippen molar-refractivity contribution in [3.63, 3.8) is 0 Å². The molecule has 142 valence electrons. The van der Waals surface area contributed by atoms with Crippen molar-refractivity contribution in [1.29, 1.82) is 0 Å². The number of halogens is 3. The number of alkyl halides is 3. The van der Waals surface area contributed by atoms with Gasteiger partial charge in [-0.05, 0) is 13.0 Å². The Morgan fingerprint density at radius 3 is 2.26 bits per heavy atom. The van der Waals surface area contributed by atoms with Gasteiger partial charge in [-0.15, -0.1) is 11.3 Å². The number of hydrogen-bond acceptors (Lipinski definition) is 7. The monoisotopic (exact) mass is 411 g/mol. The quantitative estimate of drug-likeness (QED) is 0.643. The Morgan fingerprint density at radius 2 is 1.63 bits per heavy atom. The molecule has 0 unspecified atom stereocenters. The predicted octanol–water partition coefficient (Wildman–Crippen LogP) is 4.32. The van der Waals surface area contributed by atoms with E-state index in [0.29, 0.717) is 5.69 Å². The van der Waals surface area contributed by atoms with Crippen molar-refractivity contribution in [1.82, 2.24) is 14.3 Å². The van der Waals surface area contributed by atoms with Gasteiger partial charge in [0.1, 0.15) is 5.82 Å². The van der Waals surface area contributed by atoms with Crippen LogP contribution in [0.5, 0.6) is 0 Å². The maximum atomic E-state index is 13.3. The molecule has 4 rings (SSSR count). The van der Waals surface area contributed by atoms with Crippen molar-refractivity contribution < 1.29 is 13.2 Å². The minimum atomic E-state index is -4.40. The van der Waals surface area contributed by atoms with Gasteiger partial charge < -0.3 is 9.80 Å². The van der Waals surface area contributed by atoms with Gasteiger partial charge in [-0.2, -0.15) is 17.5 Å². The molecule has 5 nitrogen and oxygen atoms in total. The summed E-state index contributed by atoms with van der Waals surface area (Å²) in [7, 11) is 0. The number of aryl methyl sites for hydroxylation is 1. The second-order valence-electron chi connectivity index (χ2n) is 6.16. The number of anilines is 2. The Hall–Kier alpha value is -2.20. The molecule has 0 amide bonds. The van der Waals surface area contributed by atoms with Crippen molar-refractivity contribution in [3.8, 4) is 11.3 Å². The lowest BCUT2D eigenvalue weighted by Gasteiger charge is -2.34. The molecule has 0 aliphatic carbocycles. The summed E-state index contributed by atoms with van der Waals surface area (Å²) in [5.41, 5.74) is -0.168. The van der Waals surface area contributed by atoms with E-state index < -0.39 is 11.7 Å². The standard InChI is InChI=1S/C17H16F3N5S2/c1-11-21-16(27-23-11)25-8-6-24(7-9-25)15-22-14(10-26-15)12-4-2-3-5-13(12)17(18,19)20/h2-5,10H,6-9H2,1H3. The van der Waals surface area contributed by atoms with Crippen LogP contribution in [0.3, 0.4) is 0 Å². The third-order valence-corrected chi connectivity index (χ3v) is 6.11. The van der Waals surface area contributed by atoms with Crippen molar-refractivity contribution in [2.24, 2.45) is 0 Å². The highest BCUT2D eigenvalue weighted by Gasteiger charge is 2.34. The van der Waals surface area contributed by atoms with E-state index in [1.165, 1.54) is 35.0 Å². The van der Waals surface area contributed by atoms with Crippen molar-refractivity contribution >= 4 is 33.1 Å². The number of thiazole rings is 1. The molecular weight excluding hydrogens is 395 g/mol. The Labute approximate surface area is 162 Å². The molecule has 1 aliphatic heterocycles. The fraction of sp³-hybridized carbons (Fsp3) is 0.353. The number of piperazine rings is 1. The molecule has 1 fully saturated rings. The number of aromatic nitrogens is 3. The van der Waals surface area contributed by atoms with Crippen LogP contribution in [-0.2, 0) is 6.18 Å². The predicted molar refractivity (Wildman–Crippen MR) is 102 cm³/mol. The van der Waals surface area contributed by atoms with Gasteiger partial charge in [-0.3, -0.25) is 0 Å². The molecule has 2 aromatic heterocycles. The van der Waals surface area contributed by atoms with E-state index in [0.717, 1.165) is 48.3 Å². The summed E-state index contributed by atoms with van der Waals surface area (Å²) in [5, 5.41) is 3.35. The zero-order valence-corrected chi connectivity index (χ0v) is 16.0. The lowest BCUT2D eigenvalue weighted by Crippen LogP contribution is -2.46. The van der Waals surface area contributed by atoms with E-state index in [1.54, 1.807) is 11.4 Å². The molecule has 1 aromatic carbocycles. The Morgan fingerprint density at radius 1 is 0.963 bits per heavy atom. The van der Waals surface area contributed by atoms with E-state index in [9.17, 15) is 13.2 Å². The lowest BCUT2D eigenvalue weighted by atomic mass is 10.1. The first-order valence-corrected chi connectivity index (χ1v) is 9.99. The molecule has 10 heteroatoms. The minimum Gasteiger partial charge on any atom is -0.345 e. The van der Waals surface area contributed by atoms with Crippen LogP contribution in [0.2, 0.25) is 0 Å². The number of nitrogens with zero attached hydrogens (tertiary/aromatic N) is 5. The van der Waals surface area contributed by atoms with Gasteiger partial charge >= 0.3 is 6.18 Å². The smallest absolute Gasteiger partial charge is 0.345 e. The number of benzene rings is 1. The van der Waals surface area contributed by atoms with Crippen molar-refractivity contribution in [2.45, 2.75) is 13.1 Å². The van der Waals surface area contributed by atoms with Gasteiger partial charge in [-0.1, -0.05) is 18.2 Å². The van der Waals surface area contributed by atoms with E-state index in [4.69, 9.17) is 0 Å². The molecule has 1 saturated heterocycles. The van der Waals surface area contributed by atoms with Crippen LogP contribution in [0.1, 0.15) is 11.4 Å². The summed E-state index contributed by atoms with van der Waals surface area (Å²) in [6, 6.07) is 5.56. The van der Waals surface area contributed by atoms with Crippen LogP contribution < -0.4 is 9.80 Å². The maximum Gasteiger partial charge on any atom is 0.417 e. The Bertz CT molecular complexity index is 929. The maximum absolute atomic E-state index is 13.3. The molecule has 0 N–H and O–H groups in total. The summed E-state index contributed by atoms with van der Waals surface area (Å²) in [4.78, 5) is 13.2. The second-order valence-corrected chi connectivity index (χ2v) is 7.72. The zero-order chi connectivity index (χ0) is 19.0. The van der Waals surface area contributed by atoms with Gasteiger partial charge in [0, 0.05) is 48.7 Å². The van der Waals surface area contributed by atoms with E-state index in [-0.39, 0.29) is 5.56 Å². The van der Waals surface area contributed by atoms with Crippen molar-refractivity contribution in [2.75, 3.05) is 36.0 Å². The highest BCUT2D eigenvalue weighted by Crippen LogP contribution is 2.38. The average Bonchev–Trinajstić information content (AvgIpc) is 3.30. The molecule has 0 atom stereocenters. The van der Waals surface area contributed by atoms with Crippen LogP contribution in [0, 0.1) is 6.92 Å². The van der Waals surface area contributed by atoms with Gasteiger partial charge in [0.2, 0.25) is 5.13 Å². The topological polar surface area (TPSA) is 45.2 Å². The van der Waals surface area contributed by atoms with E-state index in [1.807, 2.05) is 6.92 Å². The number of rotatable bonds is 3. The van der Waals surface area contributed by atoms with Crippen LogP contribution >= 0.6 is 22.9 Å². The lowest BCUT2D eigenvalue weighted by molar-refractivity contribution is -0.137. The average molecular weight is 411 g/mol. The molecule has 0 saturated carbocycles. The van der Waals surface area contributed by atoms with Crippen LogP contribution in [0.4, 0.5) is 23.4 Å². The summed E-state index contributed by atoms with van der Waals surface area (Å²) in [6.45, 7) is 4.91.